The van der Waals surface area contributed by atoms with E-state index in [0.29, 0.717) is 17.1 Å². The van der Waals surface area contributed by atoms with E-state index in [2.05, 4.69) is 5.32 Å². The largest absolute Gasteiger partial charge is 0.493 e. The van der Waals surface area contributed by atoms with Gasteiger partial charge < -0.3 is 19.5 Å². The Labute approximate surface area is 160 Å². The average molecular weight is 391 g/mol. The number of rotatable bonds is 7. The first-order valence-corrected chi connectivity index (χ1v) is 8.56. The summed E-state index contributed by atoms with van der Waals surface area (Å²) >= 11 is 0. The fourth-order valence-corrected chi connectivity index (χ4v) is 3.12. The maximum absolute atomic E-state index is 14.0. The van der Waals surface area contributed by atoms with Crippen LogP contribution in [0.25, 0.3) is 0 Å². The molecule has 1 aliphatic rings. The summed E-state index contributed by atoms with van der Waals surface area (Å²) in [5.41, 5.74) is 0.502. The van der Waals surface area contributed by atoms with Gasteiger partial charge in [-0.2, -0.15) is 0 Å². The van der Waals surface area contributed by atoms with Crippen LogP contribution in [-0.2, 0) is 4.79 Å². The van der Waals surface area contributed by atoms with Crippen LogP contribution in [0, 0.1) is 11.6 Å². The molecule has 1 atom stereocenters. The lowest BCUT2D eigenvalue weighted by atomic mass is 9.95. The van der Waals surface area contributed by atoms with Gasteiger partial charge in [0.15, 0.2) is 17.3 Å². The van der Waals surface area contributed by atoms with Crippen LogP contribution in [0.4, 0.5) is 8.78 Å². The highest BCUT2D eigenvalue weighted by Crippen LogP contribution is 2.38. The number of benzene rings is 2. The molecule has 0 aromatic heterocycles. The lowest BCUT2D eigenvalue weighted by molar-refractivity contribution is -0.118. The van der Waals surface area contributed by atoms with E-state index in [1.165, 1.54) is 20.3 Å². The van der Waals surface area contributed by atoms with Crippen LogP contribution in [-0.4, -0.2) is 39.1 Å². The summed E-state index contributed by atoms with van der Waals surface area (Å²) in [7, 11) is 2.94. The van der Waals surface area contributed by atoms with Crippen molar-refractivity contribution in [1.82, 2.24) is 5.32 Å². The Morgan fingerprint density at radius 1 is 1.14 bits per heavy atom. The third-order valence-electron chi connectivity index (χ3n) is 4.47. The van der Waals surface area contributed by atoms with Crippen LogP contribution in [0.5, 0.6) is 17.2 Å². The Balaban J connectivity index is 1.59. The minimum absolute atomic E-state index is 0.0260. The molecule has 1 heterocycles. The molecule has 0 bridgehead atoms. The van der Waals surface area contributed by atoms with Gasteiger partial charge in [0, 0.05) is 35.6 Å². The van der Waals surface area contributed by atoms with E-state index in [1.807, 2.05) is 0 Å². The summed E-state index contributed by atoms with van der Waals surface area (Å²) in [4.78, 5) is 24.5. The van der Waals surface area contributed by atoms with E-state index in [1.54, 1.807) is 12.1 Å². The van der Waals surface area contributed by atoms with Gasteiger partial charge in [0.1, 0.15) is 17.4 Å². The van der Waals surface area contributed by atoms with E-state index in [9.17, 15) is 18.4 Å². The van der Waals surface area contributed by atoms with Crippen LogP contribution in [0.1, 0.15) is 28.3 Å². The molecule has 1 aliphatic heterocycles. The van der Waals surface area contributed by atoms with Crippen LogP contribution in [0.15, 0.2) is 30.3 Å². The molecule has 2 aromatic rings. The molecule has 0 radical (unpaired) electrons. The van der Waals surface area contributed by atoms with Crippen molar-refractivity contribution < 1.29 is 32.6 Å². The number of ether oxygens (including phenoxy) is 3. The third-order valence-corrected chi connectivity index (χ3v) is 4.47. The fourth-order valence-electron chi connectivity index (χ4n) is 3.12. The van der Waals surface area contributed by atoms with Gasteiger partial charge in [0.05, 0.1) is 27.4 Å². The summed E-state index contributed by atoms with van der Waals surface area (Å²) in [6, 6.07) is 6.51. The smallest absolute Gasteiger partial charge is 0.251 e. The van der Waals surface area contributed by atoms with Crippen LogP contribution < -0.4 is 19.5 Å². The second-order valence-electron chi connectivity index (χ2n) is 6.30. The van der Waals surface area contributed by atoms with Crippen LogP contribution >= 0.6 is 0 Å². The van der Waals surface area contributed by atoms with Crippen molar-refractivity contribution >= 4 is 11.7 Å². The minimum Gasteiger partial charge on any atom is -0.493 e. The molecule has 1 amide bonds. The Bertz CT molecular complexity index is 916. The quantitative estimate of drug-likeness (QED) is 0.786. The first-order valence-electron chi connectivity index (χ1n) is 8.56. The predicted octanol–water partition coefficient (Wildman–Crippen LogP) is 2.85. The molecule has 8 heteroatoms. The molecule has 6 nitrogen and oxygen atoms in total. The van der Waals surface area contributed by atoms with Gasteiger partial charge in [-0.1, -0.05) is 0 Å². The number of ketones is 1. The van der Waals surface area contributed by atoms with E-state index in [0.717, 1.165) is 12.1 Å². The van der Waals surface area contributed by atoms with Gasteiger partial charge in [-0.05, 0) is 18.2 Å². The van der Waals surface area contributed by atoms with E-state index < -0.39 is 23.5 Å². The van der Waals surface area contributed by atoms with Crippen molar-refractivity contribution in [2.75, 3.05) is 27.4 Å². The minimum atomic E-state index is -0.736. The number of carbonyl (C=O) groups excluding carboxylic acids is 2. The highest BCUT2D eigenvalue weighted by molar-refractivity contribution is 5.97. The summed E-state index contributed by atoms with van der Waals surface area (Å²) in [6.45, 7) is -0.132. The van der Waals surface area contributed by atoms with Crippen molar-refractivity contribution in [3.8, 4) is 17.2 Å². The number of hydrogen-bond acceptors (Lipinski definition) is 5. The third kappa shape index (κ3) is 4.05. The molecule has 0 saturated carbocycles. The lowest BCUT2D eigenvalue weighted by Gasteiger charge is -2.11. The first-order chi connectivity index (χ1) is 13.4. The number of fused-ring (bicyclic) bond motifs is 1. The number of nitrogens with one attached hydrogen (secondary N) is 1. The lowest BCUT2D eigenvalue weighted by Crippen LogP contribution is -2.30. The van der Waals surface area contributed by atoms with E-state index in [-0.39, 0.29) is 36.7 Å². The predicted molar refractivity (Wildman–Crippen MR) is 96.1 cm³/mol. The first kappa shape index (κ1) is 19.6. The van der Waals surface area contributed by atoms with Crippen molar-refractivity contribution in [2.24, 2.45) is 0 Å². The molecule has 2 aromatic carbocycles. The fraction of sp³-hybridized carbons (Fsp3) is 0.300. The Kier molecular flexibility index (Phi) is 5.77. The van der Waals surface area contributed by atoms with Gasteiger partial charge in [-0.25, -0.2) is 8.78 Å². The Morgan fingerprint density at radius 2 is 1.89 bits per heavy atom. The van der Waals surface area contributed by atoms with Gasteiger partial charge in [-0.15, -0.1) is 0 Å². The van der Waals surface area contributed by atoms with Gasteiger partial charge in [0.2, 0.25) is 0 Å². The molecular weight excluding hydrogens is 372 g/mol. The van der Waals surface area contributed by atoms with Crippen molar-refractivity contribution in [3.05, 3.63) is 53.1 Å². The normalized spacial score (nSPS) is 14.8. The Hall–Kier alpha value is -3.16. The maximum Gasteiger partial charge on any atom is 0.251 e. The molecule has 3 rings (SSSR count). The highest BCUT2D eigenvalue weighted by Gasteiger charge is 2.30. The number of amides is 1. The van der Waals surface area contributed by atoms with Gasteiger partial charge in [0.25, 0.3) is 5.91 Å². The highest BCUT2D eigenvalue weighted by atomic mass is 19.1. The molecule has 0 saturated heterocycles. The van der Waals surface area contributed by atoms with Crippen LogP contribution in [0.2, 0.25) is 0 Å². The monoisotopic (exact) mass is 391 g/mol. The molecule has 0 fully saturated rings. The molecule has 0 aliphatic carbocycles. The Morgan fingerprint density at radius 3 is 2.61 bits per heavy atom. The molecule has 1 N–H and O–H groups in total. The SMILES string of the molecule is COc1ccc(C(=O)NCC(=O)C[C@@H]2COc3cc(F)cc(F)c32)cc1OC. The van der Waals surface area contributed by atoms with Gasteiger partial charge >= 0.3 is 0 Å². The van der Waals surface area contributed by atoms with E-state index >= 15 is 0 Å². The van der Waals surface area contributed by atoms with Crippen molar-refractivity contribution in [2.45, 2.75) is 12.3 Å². The molecular formula is C20H19F2NO5. The zero-order chi connectivity index (χ0) is 20.3. The zero-order valence-electron chi connectivity index (χ0n) is 15.4. The maximum atomic E-state index is 14.0. The van der Waals surface area contributed by atoms with E-state index in [4.69, 9.17) is 14.2 Å². The number of methoxy groups -OCH3 is 2. The topological polar surface area (TPSA) is 73.9 Å². The molecule has 0 spiro atoms. The van der Waals surface area contributed by atoms with Crippen molar-refractivity contribution in [1.29, 1.82) is 0 Å². The van der Waals surface area contributed by atoms with Crippen LogP contribution in [0.3, 0.4) is 0 Å². The molecule has 148 valence electrons. The second-order valence-corrected chi connectivity index (χ2v) is 6.30. The summed E-state index contributed by atoms with van der Waals surface area (Å²) in [5.74, 6) is -1.74. The van der Waals surface area contributed by atoms with Gasteiger partial charge in [-0.3, -0.25) is 9.59 Å². The number of carbonyl (C=O) groups is 2. The molecule has 28 heavy (non-hydrogen) atoms. The van der Waals surface area contributed by atoms with Crippen molar-refractivity contribution in [3.63, 3.8) is 0 Å². The molecule has 0 unspecified atom stereocenters. The summed E-state index contributed by atoms with van der Waals surface area (Å²) in [5, 5.41) is 2.53. The number of hydrogen-bond donors (Lipinski definition) is 1. The summed E-state index contributed by atoms with van der Waals surface area (Å²) < 4.78 is 42.8. The number of Topliss-reactive ketones (excluding diaryl/α,β-unsaturated/α-hetero) is 1. The zero-order valence-corrected chi connectivity index (χ0v) is 15.4. The standard InChI is InChI=1S/C20H19F2NO5/c1-26-16-4-3-11(6-17(16)27-2)20(25)23-9-14(24)5-12-10-28-18-8-13(21)7-15(22)19(12)18/h3-4,6-8,12H,5,9-10H2,1-2H3,(H,23,25)/t12-/m1/s1. The average Bonchev–Trinajstić information content (AvgIpc) is 3.08. The summed E-state index contributed by atoms with van der Waals surface area (Å²) in [6.07, 6.45) is -0.0260. The second kappa shape index (κ2) is 8.24. The number of halogens is 2.